The summed E-state index contributed by atoms with van der Waals surface area (Å²) >= 11 is 0. The number of carbonyl (C=O) groups is 1. The quantitative estimate of drug-likeness (QED) is 0.859. The van der Waals surface area contributed by atoms with E-state index in [9.17, 15) is 26.4 Å². The Labute approximate surface area is 118 Å². The first kappa shape index (κ1) is 17.2. The molecule has 0 atom stereocenters. The van der Waals surface area contributed by atoms with Crippen LogP contribution in [-0.4, -0.2) is 43.8 Å². The van der Waals surface area contributed by atoms with E-state index in [0.29, 0.717) is 4.31 Å². The van der Waals surface area contributed by atoms with Crippen LogP contribution in [0.3, 0.4) is 0 Å². The molecule has 0 spiro atoms. The van der Waals surface area contributed by atoms with Crippen molar-refractivity contribution in [3.8, 4) is 5.75 Å². The molecule has 0 aliphatic heterocycles. The normalized spacial score (nSPS) is 12.4. The van der Waals surface area contributed by atoms with Crippen molar-refractivity contribution < 1.29 is 36.2 Å². The molecule has 0 saturated carbocycles. The van der Waals surface area contributed by atoms with Crippen molar-refractivity contribution in [3.05, 3.63) is 24.3 Å². The fraction of sp³-hybridized carbons (Fsp3) is 0.364. The highest BCUT2D eigenvalue weighted by Crippen LogP contribution is 2.30. The smallest absolute Gasteiger partial charge is 0.481 e. The number of carboxylic acid groups (broad SMARTS) is 1. The van der Waals surface area contributed by atoms with Crippen molar-refractivity contribution in [3.63, 3.8) is 0 Å². The van der Waals surface area contributed by atoms with Crippen molar-refractivity contribution in [1.29, 1.82) is 0 Å². The van der Waals surface area contributed by atoms with Gasteiger partial charge in [0.2, 0.25) is 10.0 Å². The predicted octanol–water partition coefficient (Wildman–Crippen LogP) is 1.68. The highest BCUT2D eigenvalue weighted by Gasteiger charge is 2.34. The molecule has 21 heavy (non-hydrogen) atoms. The number of halogens is 3. The molecule has 1 rings (SSSR count). The number of rotatable bonds is 6. The van der Waals surface area contributed by atoms with E-state index in [1.54, 1.807) is 0 Å². The van der Waals surface area contributed by atoms with Crippen molar-refractivity contribution in [2.45, 2.75) is 17.7 Å². The van der Waals surface area contributed by atoms with Gasteiger partial charge in [-0.2, -0.15) is 0 Å². The Morgan fingerprint density at radius 1 is 1.33 bits per heavy atom. The summed E-state index contributed by atoms with van der Waals surface area (Å²) in [5.41, 5.74) is 0. The lowest BCUT2D eigenvalue weighted by Crippen LogP contribution is -2.30. The number of carboxylic acids is 1. The van der Waals surface area contributed by atoms with Crippen LogP contribution < -0.4 is 4.74 Å². The summed E-state index contributed by atoms with van der Waals surface area (Å²) < 4.78 is 65.4. The zero-order valence-corrected chi connectivity index (χ0v) is 11.6. The first-order valence-corrected chi connectivity index (χ1v) is 7.01. The fourth-order valence-electron chi connectivity index (χ4n) is 1.41. The van der Waals surface area contributed by atoms with E-state index in [2.05, 4.69) is 4.74 Å². The predicted molar refractivity (Wildman–Crippen MR) is 65.2 cm³/mol. The van der Waals surface area contributed by atoms with Gasteiger partial charge in [-0.15, -0.1) is 13.2 Å². The number of hydrogen-bond acceptors (Lipinski definition) is 4. The molecule has 0 aromatic heterocycles. The van der Waals surface area contributed by atoms with Crippen LogP contribution in [0.2, 0.25) is 0 Å². The van der Waals surface area contributed by atoms with Crippen LogP contribution >= 0.6 is 0 Å². The molecule has 0 heterocycles. The summed E-state index contributed by atoms with van der Waals surface area (Å²) in [6, 6.07) is 4.25. The third-order valence-corrected chi connectivity index (χ3v) is 4.30. The third-order valence-electron chi connectivity index (χ3n) is 2.40. The molecule has 1 N–H and O–H groups in total. The van der Waals surface area contributed by atoms with E-state index in [1.165, 1.54) is 12.1 Å². The maximum absolute atomic E-state index is 12.3. The zero-order chi connectivity index (χ0) is 16.3. The molecule has 118 valence electrons. The van der Waals surface area contributed by atoms with Gasteiger partial charge in [0, 0.05) is 13.6 Å². The van der Waals surface area contributed by atoms with Crippen LogP contribution in [0.25, 0.3) is 0 Å². The molecule has 1 aromatic carbocycles. The third kappa shape index (κ3) is 4.90. The van der Waals surface area contributed by atoms with Crippen LogP contribution in [0.5, 0.6) is 5.75 Å². The molecule has 1 aromatic rings. The van der Waals surface area contributed by atoms with Gasteiger partial charge >= 0.3 is 12.3 Å². The molecule has 6 nitrogen and oxygen atoms in total. The minimum absolute atomic E-state index is 0.377. The number of para-hydroxylation sites is 1. The van der Waals surface area contributed by atoms with Gasteiger partial charge in [-0.3, -0.25) is 4.79 Å². The second-order valence-electron chi connectivity index (χ2n) is 3.96. The SMILES string of the molecule is CN(CCC(=O)O)S(=O)(=O)c1ccccc1OC(F)(F)F. The summed E-state index contributed by atoms with van der Waals surface area (Å²) in [4.78, 5) is 9.74. The molecule has 0 unspecified atom stereocenters. The number of sulfonamides is 1. The lowest BCUT2D eigenvalue weighted by Gasteiger charge is -2.19. The van der Waals surface area contributed by atoms with E-state index >= 15 is 0 Å². The molecule has 0 saturated heterocycles. The Hall–Kier alpha value is -1.81. The second-order valence-corrected chi connectivity index (χ2v) is 5.98. The van der Waals surface area contributed by atoms with E-state index in [0.717, 1.165) is 19.2 Å². The van der Waals surface area contributed by atoms with E-state index < -0.39 is 39.4 Å². The summed E-state index contributed by atoms with van der Waals surface area (Å²) in [5, 5.41) is 8.51. The largest absolute Gasteiger partial charge is 0.573 e. The maximum atomic E-state index is 12.3. The van der Waals surface area contributed by atoms with Crippen LogP contribution in [0.1, 0.15) is 6.42 Å². The number of ether oxygens (including phenoxy) is 1. The Morgan fingerprint density at radius 3 is 2.43 bits per heavy atom. The zero-order valence-electron chi connectivity index (χ0n) is 10.8. The molecule has 10 heteroatoms. The minimum Gasteiger partial charge on any atom is -0.481 e. The fourth-order valence-corrected chi connectivity index (χ4v) is 2.70. The number of hydrogen-bond donors (Lipinski definition) is 1. The number of benzene rings is 1. The molecule has 0 fully saturated rings. The summed E-state index contributed by atoms with van der Waals surface area (Å²) in [7, 11) is -3.22. The van der Waals surface area contributed by atoms with Crippen molar-refractivity contribution in [2.24, 2.45) is 0 Å². The van der Waals surface area contributed by atoms with Crippen molar-refractivity contribution in [2.75, 3.05) is 13.6 Å². The topological polar surface area (TPSA) is 83.9 Å². The molecule has 0 aliphatic rings. The highest BCUT2D eigenvalue weighted by atomic mass is 32.2. The summed E-state index contributed by atoms with van der Waals surface area (Å²) in [6.07, 6.45) is -5.51. The molecular weight excluding hydrogens is 315 g/mol. The number of aliphatic carboxylic acids is 1. The van der Waals surface area contributed by atoms with Gasteiger partial charge in [-0.05, 0) is 12.1 Å². The first-order valence-electron chi connectivity index (χ1n) is 5.57. The Kier molecular flexibility index (Phi) is 5.18. The lowest BCUT2D eigenvalue weighted by molar-refractivity contribution is -0.275. The summed E-state index contributed by atoms with van der Waals surface area (Å²) in [5.74, 6) is -2.09. The van der Waals surface area contributed by atoms with Gasteiger partial charge in [-0.1, -0.05) is 12.1 Å². The van der Waals surface area contributed by atoms with Gasteiger partial charge in [0.25, 0.3) is 0 Å². The van der Waals surface area contributed by atoms with Gasteiger partial charge in [0.05, 0.1) is 6.42 Å². The average Bonchev–Trinajstić information content (AvgIpc) is 2.34. The monoisotopic (exact) mass is 327 g/mol. The van der Waals surface area contributed by atoms with Crippen LogP contribution in [-0.2, 0) is 14.8 Å². The Morgan fingerprint density at radius 2 is 1.90 bits per heavy atom. The van der Waals surface area contributed by atoms with Crippen LogP contribution in [0.15, 0.2) is 29.2 Å². The number of nitrogens with zero attached hydrogens (tertiary/aromatic N) is 1. The minimum atomic E-state index is -5.04. The molecule has 0 radical (unpaired) electrons. The van der Waals surface area contributed by atoms with Gasteiger partial charge in [-0.25, -0.2) is 12.7 Å². The average molecular weight is 327 g/mol. The highest BCUT2D eigenvalue weighted by molar-refractivity contribution is 7.89. The number of alkyl halides is 3. The van der Waals surface area contributed by atoms with Crippen LogP contribution in [0.4, 0.5) is 13.2 Å². The second kappa shape index (κ2) is 6.31. The summed E-state index contributed by atoms with van der Waals surface area (Å²) in [6.45, 7) is -0.377. The molecule has 0 bridgehead atoms. The van der Waals surface area contributed by atoms with Gasteiger partial charge in [0.1, 0.15) is 10.6 Å². The standard InChI is InChI=1S/C11H12F3NO5S/c1-15(7-6-10(16)17)21(18,19)9-5-3-2-4-8(9)20-11(12,13)14/h2-5H,6-7H2,1H3,(H,16,17). The Bertz CT molecular complexity index is 615. The lowest BCUT2D eigenvalue weighted by atomic mass is 10.3. The van der Waals surface area contributed by atoms with E-state index in [1.807, 2.05) is 0 Å². The molecule has 0 aliphatic carbocycles. The van der Waals surface area contributed by atoms with Crippen molar-refractivity contribution in [1.82, 2.24) is 4.31 Å². The van der Waals surface area contributed by atoms with E-state index in [-0.39, 0.29) is 6.54 Å². The maximum Gasteiger partial charge on any atom is 0.573 e. The van der Waals surface area contributed by atoms with Crippen molar-refractivity contribution >= 4 is 16.0 Å². The molecule has 0 amide bonds. The van der Waals surface area contributed by atoms with E-state index in [4.69, 9.17) is 5.11 Å². The first-order chi connectivity index (χ1) is 9.54. The van der Waals surface area contributed by atoms with Crippen LogP contribution in [0, 0.1) is 0 Å². The van der Waals surface area contributed by atoms with Gasteiger partial charge < -0.3 is 9.84 Å². The molecular formula is C11H12F3NO5S. The van der Waals surface area contributed by atoms with Gasteiger partial charge in [0.15, 0.2) is 0 Å². The Balaban J connectivity index is 3.11.